The fourth-order valence-corrected chi connectivity index (χ4v) is 6.98. The van der Waals surface area contributed by atoms with Gasteiger partial charge in [0.15, 0.2) is 0 Å². The van der Waals surface area contributed by atoms with Gasteiger partial charge in [-0.15, -0.1) is 4.83 Å². The summed E-state index contributed by atoms with van der Waals surface area (Å²) in [5.74, 6) is -2.11. The van der Waals surface area contributed by atoms with Gasteiger partial charge >= 0.3 is 0 Å². The number of likely N-dealkylation sites (N-methyl/N-ethyl adjacent to an activating group) is 1. The van der Waals surface area contributed by atoms with Crippen LogP contribution in [0.25, 0.3) is 0 Å². The lowest BCUT2D eigenvalue weighted by molar-refractivity contribution is -0.141. The monoisotopic (exact) mass is 601 g/mol. The molecule has 0 aromatic heterocycles. The van der Waals surface area contributed by atoms with Gasteiger partial charge in [-0.3, -0.25) is 14.4 Å². The van der Waals surface area contributed by atoms with Crippen LogP contribution < -0.4 is 15.9 Å². The minimum Gasteiger partial charge on any atom is -0.390 e. The molecule has 5 atom stereocenters. The molecule has 0 radical (unpaired) electrons. The second-order valence-corrected chi connectivity index (χ2v) is 14.7. The normalized spacial score (nSPS) is 23.8. The van der Waals surface area contributed by atoms with E-state index in [0.717, 1.165) is 38.5 Å². The van der Waals surface area contributed by atoms with Crippen LogP contribution in [0.2, 0.25) is 0 Å². The Morgan fingerprint density at radius 3 is 2.05 bits per heavy atom. The Balaban J connectivity index is 2.20. The number of nitrogens with zero attached hydrogens (tertiary/aromatic N) is 2. The maximum absolute atomic E-state index is 13.7. The minimum absolute atomic E-state index is 0.0116. The van der Waals surface area contributed by atoms with Crippen LogP contribution in [0.4, 0.5) is 0 Å². The second-order valence-electron chi connectivity index (χ2n) is 12.5. The number of carbonyl (C=O) groups is 3. The van der Waals surface area contributed by atoms with Crippen molar-refractivity contribution in [2.24, 2.45) is 29.4 Å². The third-order valence-electron chi connectivity index (χ3n) is 8.60. The van der Waals surface area contributed by atoms with Gasteiger partial charge in [0.25, 0.3) is 0 Å². The summed E-state index contributed by atoms with van der Waals surface area (Å²) >= 11 is 0. The molecule has 2 fully saturated rings. The third kappa shape index (κ3) is 11.1. The van der Waals surface area contributed by atoms with Gasteiger partial charge in [-0.05, 0) is 58.3 Å². The van der Waals surface area contributed by atoms with Crippen LogP contribution in [0, 0.1) is 23.7 Å². The van der Waals surface area contributed by atoms with Crippen LogP contribution in [0.1, 0.15) is 98.3 Å². The van der Waals surface area contributed by atoms with Crippen molar-refractivity contribution in [1.29, 1.82) is 0 Å². The van der Waals surface area contributed by atoms with E-state index in [1.807, 2.05) is 18.7 Å². The second kappa shape index (κ2) is 16.8. The molecule has 12 heteroatoms. The quantitative estimate of drug-likeness (QED) is 0.197. The summed E-state index contributed by atoms with van der Waals surface area (Å²) < 4.78 is 24.6. The molecule has 2 aliphatic rings. The molecule has 5 unspecified atom stereocenters. The highest BCUT2D eigenvalue weighted by Crippen LogP contribution is 2.35. The Hall–Kier alpha value is -1.76. The van der Waals surface area contributed by atoms with Gasteiger partial charge in [0.2, 0.25) is 27.7 Å². The van der Waals surface area contributed by atoms with Crippen molar-refractivity contribution in [3.05, 3.63) is 0 Å². The van der Waals surface area contributed by atoms with Gasteiger partial charge in [0, 0.05) is 44.4 Å². The summed E-state index contributed by atoms with van der Waals surface area (Å²) in [4.78, 5) is 43.7. The lowest BCUT2D eigenvalue weighted by Crippen LogP contribution is -2.54. The van der Waals surface area contributed by atoms with Crippen LogP contribution in [-0.4, -0.2) is 85.2 Å². The number of carbonyl (C=O) groups excluding carboxylic acids is 3. The lowest BCUT2D eigenvalue weighted by Gasteiger charge is -2.37. The molecule has 0 aromatic carbocycles. The zero-order valence-corrected chi connectivity index (χ0v) is 26.6. The summed E-state index contributed by atoms with van der Waals surface area (Å²) in [6.45, 7) is 8.43. The highest BCUT2D eigenvalue weighted by atomic mass is 32.2. The average molecular weight is 602 g/mol. The van der Waals surface area contributed by atoms with Gasteiger partial charge in [-0.1, -0.05) is 46.0 Å². The van der Waals surface area contributed by atoms with E-state index in [9.17, 15) is 27.9 Å². The van der Waals surface area contributed by atoms with E-state index < -0.39 is 51.1 Å². The maximum Gasteiger partial charge on any atom is 0.226 e. The number of primary amides is 1. The number of nitrogens with one attached hydrogen (secondary N) is 2. The van der Waals surface area contributed by atoms with Gasteiger partial charge in [0.1, 0.15) is 0 Å². The molecule has 0 bridgehead atoms. The molecule has 41 heavy (non-hydrogen) atoms. The van der Waals surface area contributed by atoms with Gasteiger partial charge in [-0.25, -0.2) is 13.4 Å². The number of hydrogen-bond donors (Lipinski definition) is 4. The molecule has 11 nitrogen and oxygen atoms in total. The molecule has 0 spiro atoms. The topological polar surface area (TPSA) is 162 Å². The van der Waals surface area contributed by atoms with E-state index in [2.05, 4.69) is 10.1 Å². The summed E-state index contributed by atoms with van der Waals surface area (Å²) in [7, 11) is -2.03. The predicted molar refractivity (Wildman–Crippen MR) is 160 cm³/mol. The van der Waals surface area contributed by atoms with E-state index in [1.54, 1.807) is 20.9 Å². The number of aliphatic hydroxyl groups excluding tert-OH is 1. The summed E-state index contributed by atoms with van der Waals surface area (Å²) in [5, 5.41) is 15.0. The van der Waals surface area contributed by atoms with Crippen LogP contribution in [-0.2, 0) is 24.4 Å². The van der Waals surface area contributed by atoms with Crippen molar-refractivity contribution in [3.63, 3.8) is 0 Å². The molecule has 0 saturated heterocycles. The highest BCUT2D eigenvalue weighted by Gasteiger charge is 2.40. The number of sulfonamides is 1. The number of amides is 3. The molecular weight excluding hydrogens is 546 g/mol. The molecule has 2 rings (SSSR count). The summed E-state index contributed by atoms with van der Waals surface area (Å²) in [5.41, 5.74) is 5.69. The largest absolute Gasteiger partial charge is 0.390 e. The van der Waals surface area contributed by atoms with Crippen LogP contribution in [0.3, 0.4) is 0 Å². The Morgan fingerprint density at radius 2 is 1.51 bits per heavy atom. The summed E-state index contributed by atoms with van der Waals surface area (Å²) in [6.07, 6.45) is 7.56. The van der Waals surface area contributed by atoms with Crippen molar-refractivity contribution in [3.8, 4) is 0 Å². The first-order chi connectivity index (χ1) is 19.3. The Labute approximate surface area is 247 Å². The molecular formula is C29H55N5O6S. The Kier molecular flexibility index (Phi) is 14.5. The maximum atomic E-state index is 13.7. The Morgan fingerprint density at radius 1 is 0.951 bits per heavy atom. The molecule has 0 aromatic rings. The molecule has 0 aliphatic heterocycles. The van der Waals surface area contributed by atoms with E-state index in [0.29, 0.717) is 38.3 Å². The van der Waals surface area contributed by atoms with Crippen LogP contribution in [0.5, 0.6) is 0 Å². The first-order valence-corrected chi connectivity index (χ1v) is 17.1. The van der Waals surface area contributed by atoms with E-state index in [4.69, 9.17) is 5.73 Å². The number of hydrogen-bond acceptors (Lipinski definition) is 7. The standard InChI is InChI=1S/C29H55N5O6S/c1-6-13-34(14-7-2)29(38)24-17-22(27(30)36)16-23(18-24)28(37)31-25(15-21-11-9-8-10-12-21)26(35)19-33(5)32-41(39,40)20(3)4/h20-26,32,35H,6-19H2,1-5H3,(H2,30,36)(H,31,37). The number of nitrogens with two attached hydrogens (primary N) is 1. The number of hydrazine groups is 1. The minimum atomic E-state index is -3.58. The molecule has 2 saturated carbocycles. The zero-order chi connectivity index (χ0) is 30.7. The van der Waals surface area contributed by atoms with E-state index in [-0.39, 0.29) is 24.8 Å². The van der Waals surface area contributed by atoms with Crippen molar-refractivity contribution >= 4 is 27.7 Å². The van der Waals surface area contributed by atoms with Crippen molar-refractivity contribution in [2.45, 2.75) is 116 Å². The first-order valence-electron chi connectivity index (χ1n) is 15.6. The van der Waals surface area contributed by atoms with E-state index >= 15 is 0 Å². The SMILES string of the molecule is CCCN(CCC)C(=O)C1CC(C(N)=O)CC(C(=O)NC(CC2CCCCC2)C(O)CN(C)NS(=O)(=O)C(C)C)C1. The summed E-state index contributed by atoms with van der Waals surface area (Å²) in [6, 6.07) is -0.601. The zero-order valence-electron chi connectivity index (χ0n) is 25.8. The molecule has 2 aliphatic carbocycles. The van der Waals surface area contributed by atoms with E-state index in [1.165, 1.54) is 11.4 Å². The Bertz CT molecular complexity index is 949. The molecule has 3 amide bonds. The number of rotatable bonds is 16. The first kappa shape index (κ1) is 35.4. The third-order valence-corrected chi connectivity index (χ3v) is 10.4. The fraction of sp³-hybridized carbons (Fsp3) is 0.897. The molecule has 0 heterocycles. The fourth-order valence-electron chi connectivity index (χ4n) is 6.26. The van der Waals surface area contributed by atoms with Crippen molar-refractivity contribution < 1.29 is 27.9 Å². The van der Waals surface area contributed by atoms with Crippen molar-refractivity contribution in [2.75, 3.05) is 26.7 Å². The molecule has 238 valence electrons. The van der Waals surface area contributed by atoms with Gasteiger partial charge in [-0.2, -0.15) is 0 Å². The van der Waals surface area contributed by atoms with Gasteiger partial charge < -0.3 is 21.1 Å². The smallest absolute Gasteiger partial charge is 0.226 e. The van der Waals surface area contributed by atoms with Crippen LogP contribution in [0.15, 0.2) is 0 Å². The number of aliphatic hydroxyl groups is 1. The van der Waals surface area contributed by atoms with Gasteiger partial charge in [0.05, 0.1) is 17.4 Å². The highest BCUT2D eigenvalue weighted by molar-refractivity contribution is 7.90. The lowest BCUT2D eigenvalue weighted by atomic mass is 9.73. The predicted octanol–water partition coefficient (Wildman–Crippen LogP) is 2.14. The molecule has 5 N–H and O–H groups in total. The van der Waals surface area contributed by atoms with Crippen LogP contribution >= 0.6 is 0 Å². The average Bonchev–Trinajstić information content (AvgIpc) is 2.91. The van der Waals surface area contributed by atoms with Crippen molar-refractivity contribution in [1.82, 2.24) is 20.1 Å².